The summed E-state index contributed by atoms with van der Waals surface area (Å²) in [5.74, 6) is -0.485. The summed E-state index contributed by atoms with van der Waals surface area (Å²) in [6.45, 7) is 3.81. The first-order chi connectivity index (χ1) is 9.06. The molecule has 0 unspecified atom stereocenters. The molecule has 0 spiro atoms. The van der Waals surface area contributed by atoms with E-state index in [2.05, 4.69) is 10.6 Å². The van der Waals surface area contributed by atoms with Crippen LogP contribution in [0.5, 0.6) is 0 Å². The second kappa shape index (κ2) is 7.17. The average molecular weight is 259 g/mol. The Balaban J connectivity index is 2.88. The molecule has 0 saturated heterocycles. The zero-order chi connectivity index (χ0) is 14.3. The van der Waals surface area contributed by atoms with Crippen LogP contribution < -0.4 is 10.6 Å². The fourth-order valence-electron chi connectivity index (χ4n) is 1.58. The fraction of sp³-hybridized carbons (Fsp3) is 0.357. The number of benzene rings is 1. The molecular weight excluding hydrogens is 242 g/mol. The Labute approximate surface area is 112 Å². The van der Waals surface area contributed by atoms with E-state index in [1.54, 1.807) is 18.2 Å². The normalized spacial score (nSPS) is 9.53. The van der Waals surface area contributed by atoms with Crippen LogP contribution in [-0.4, -0.2) is 11.8 Å². The number of hydrogen-bond acceptors (Lipinski definition) is 3. The molecule has 0 fully saturated rings. The minimum absolute atomic E-state index is 0.0952. The maximum absolute atomic E-state index is 11.6. The van der Waals surface area contributed by atoms with Crippen molar-refractivity contribution in [3.8, 4) is 6.07 Å². The van der Waals surface area contributed by atoms with E-state index in [4.69, 9.17) is 5.26 Å². The van der Waals surface area contributed by atoms with Crippen LogP contribution in [0, 0.1) is 18.3 Å². The zero-order valence-electron chi connectivity index (χ0n) is 11.1. The van der Waals surface area contributed by atoms with Gasteiger partial charge in [0.15, 0.2) is 0 Å². The van der Waals surface area contributed by atoms with Gasteiger partial charge in [-0.25, -0.2) is 0 Å². The van der Waals surface area contributed by atoms with Crippen LogP contribution in [0.1, 0.15) is 31.7 Å². The van der Waals surface area contributed by atoms with Crippen LogP contribution in [0.3, 0.4) is 0 Å². The van der Waals surface area contributed by atoms with Crippen molar-refractivity contribution in [1.29, 1.82) is 5.26 Å². The van der Waals surface area contributed by atoms with Gasteiger partial charge >= 0.3 is 0 Å². The first-order valence-corrected chi connectivity index (χ1v) is 6.14. The number of nitrogens with zero attached hydrogens (tertiary/aromatic N) is 1. The predicted molar refractivity (Wildman–Crippen MR) is 73.6 cm³/mol. The molecule has 0 aromatic heterocycles. The minimum Gasteiger partial charge on any atom is -0.324 e. The molecule has 1 aromatic carbocycles. The molecule has 0 radical (unpaired) electrons. The molecule has 2 N–H and O–H groups in total. The van der Waals surface area contributed by atoms with Crippen molar-refractivity contribution in [2.24, 2.45) is 0 Å². The van der Waals surface area contributed by atoms with Gasteiger partial charge in [0.05, 0.1) is 17.4 Å². The third kappa shape index (κ3) is 4.80. The van der Waals surface area contributed by atoms with Crippen LogP contribution in [0.25, 0.3) is 0 Å². The van der Waals surface area contributed by atoms with Crippen LogP contribution >= 0.6 is 0 Å². The zero-order valence-corrected chi connectivity index (χ0v) is 11.1. The van der Waals surface area contributed by atoms with Gasteiger partial charge in [-0.15, -0.1) is 0 Å². The molecule has 0 aliphatic heterocycles. The van der Waals surface area contributed by atoms with Crippen molar-refractivity contribution in [2.75, 3.05) is 10.6 Å². The quantitative estimate of drug-likeness (QED) is 0.852. The Kier molecular flexibility index (Phi) is 5.55. The maximum Gasteiger partial charge on any atom is 0.238 e. The number of nitriles is 1. The summed E-state index contributed by atoms with van der Waals surface area (Å²) in [4.78, 5) is 23.0. The van der Waals surface area contributed by atoms with E-state index in [9.17, 15) is 9.59 Å². The highest BCUT2D eigenvalue weighted by Gasteiger charge is 2.09. The number of hydrogen-bond donors (Lipinski definition) is 2. The van der Waals surface area contributed by atoms with E-state index in [0.29, 0.717) is 17.8 Å². The van der Waals surface area contributed by atoms with E-state index >= 15 is 0 Å². The van der Waals surface area contributed by atoms with Crippen LogP contribution in [0.15, 0.2) is 18.2 Å². The molecule has 0 atom stereocenters. The van der Waals surface area contributed by atoms with Gasteiger partial charge in [-0.05, 0) is 31.0 Å². The van der Waals surface area contributed by atoms with Gasteiger partial charge in [0.2, 0.25) is 11.8 Å². The monoisotopic (exact) mass is 259 g/mol. The number of carbonyl (C=O) groups is 2. The largest absolute Gasteiger partial charge is 0.324 e. The smallest absolute Gasteiger partial charge is 0.238 e. The van der Waals surface area contributed by atoms with Crippen molar-refractivity contribution in [3.63, 3.8) is 0 Å². The fourth-order valence-corrected chi connectivity index (χ4v) is 1.58. The van der Waals surface area contributed by atoms with Gasteiger partial charge in [0.1, 0.15) is 6.42 Å². The molecule has 0 aliphatic rings. The summed E-state index contributed by atoms with van der Waals surface area (Å²) >= 11 is 0. The highest BCUT2D eigenvalue weighted by Crippen LogP contribution is 2.23. The van der Waals surface area contributed by atoms with Crippen molar-refractivity contribution >= 4 is 23.2 Å². The number of amides is 2. The van der Waals surface area contributed by atoms with E-state index in [-0.39, 0.29) is 18.2 Å². The minimum atomic E-state index is -0.390. The average Bonchev–Trinajstić information content (AvgIpc) is 2.33. The summed E-state index contributed by atoms with van der Waals surface area (Å²) in [5.41, 5.74) is 2.03. The summed E-state index contributed by atoms with van der Waals surface area (Å²) in [6.07, 6.45) is 0.976. The van der Waals surface area contributed by atoms with E-state index in [0.717, 1.165) is 12.0 Å². The lowest BCUT2D eigenvalue weighted by Gasteiger charge is -2.12. The molecule has 1 rings (SSSR count). The molecule has 0 bridgehead atoms. The second-order valence-corrected chi connectivity index (χ2v) is 4.23. The lowest BCUT2D eigenvalue weighted by Crippen LogP contribution is -2.16. The SMILES string of the molecule is CCCC(=O)Nc1ccc(C)cc1NC(=O)CC#N. The highest BCUT2D eigenvalue weighted by molar-refractivity contribution is 6.00. The Morgan fingerprint density at radius 3 is 2.53 bits per heavy atom. The Morgan fingerprint density at radius 1 is 1.21 bits per heavy atom. The van der Waals surface area contributed by atoms with Crippen LogP contribution in [-0.2, 0) is 9.59 Å². The molecule has 2 amide bonds. The summed E-state index contributed by atoms with van der Waals surface area (Å²) in [7, 11) is 0. The van der Waals surface area contributed by atoms with E-state index in [1.165, 1.54) is 0 Å². The van der Waals surface area contributed by atoms with Crippen molar-refractivity contribution < 1.29 is 9.59 Å². The molecular formula is C14H17N3O2. The first-order valence-electron chi connectivity index (χ1n) is 6.14. The summed E-state index contributed by atoms with van der Waals surface area (Å²) in [6, 6.07) is 7.13. The third-order valence-corrected chi connectivity index (χ3v) is 2.44. The lowest BCUT2D eigenvalue weighted by atomic mass is 10.1. The Morgan fingerprint density at radius 2 is 1.89 bits per heavy atom. The standard InChI is InChI=1S/C14H17N3O2/c1-3-4-13(18)16-11-6-5-10(2)9-12(11)17-14(19)7-8-15/h5-6,9H,3-4,7H2,1-2H3,(H,16,18)(H,17,19). The van der Waals surface area contributed by atoms with E-state index in [1.807, 2.05) is 19.9 Å². The Hall–Kier alpha value is -2.35. The van der Waals surface area contributed by atoms with Gasteiger partial charge in [-0.3, -0.25) is 9.59 Å². The van der Waals surface area contributed by atoms with E-state index < -0.39 is 0 Å². The van der Waals surface area contributed by atoms with Gasteiger partial charge in [-0.1, -0.05) is 13.0 Å². The second-order valence-electron chi connectivity index (χ2n) is 4.23. The molecule has 1 aromatic rings. The Bertz CT molecular complexity index is 518. The highest BCUT2D eigenvalue weighted by atomic mass is 16.2. The molecule has 0 aliphatic carbocycles. The molecule has 19 heavy (non-hydrogen) atoms. The topological polar surface area (TPSA) is 82.0 Å². The molecule has 5 heteroatoms. The first kappa shape index (κ1) is 14.7. The van der Waals surface area contributed by atoms with Gasteiger partial charge in [0, 0.05) is 6.42 Å². The predicted octanol–water partition coefficient (Wildman–Crippen LogP) is 2.59. The number of carbonyl (C=O) groups excluding carboxylic acids is 2. The molecule has 100 valence electrons. The van der Waals surface area contributed by atoms with Crippen molar-refractivity contribution in [3.05, 3.63) is 23.8 Å². The maximum atomic E-state index is 11.6. The molecule has 5 nitrogen and oxygen atoms in total. The number of rotatable bonds is 5. The van der Waals surface area contributed by atoms with Crippen LogP contribution in [0.2, 0.25) is 0 Å². The van der Waals surface area contributed by atoms with Crippen molar-refractivity contribution in [1.82, 2.24) is 0 Å². The third-order valence-electron chi connectivity index (χ3n) is 2.44. The van der Waals surface area contributed by atoms with Crippen LogP contribution in [0.4, 0.5) is 11.4 Å². The number of nitrogens with one attached hydrogen (secondary N) is 2. The number of anilines is 2. The van der Waals surface area contributed by atoms with Gasteiger partial charge in [-0.2, -0.15) is 5.26 Å². The molecule has 0 saturated carbocycles. The summed E-state index contributed by atoms with van der Waals surface area (Å²) in [5, 5.41) is 13.8. The van der Waals surface area contributed by atoms with Gasteiger partial charge < -0.3 is 10.6 Å². The summed E-state index contributed by atoms with van der Waals surface area (Å²) < 4.78 is 0. The lowest BCUT2D eigenvalue weighted by molar-refractivity contribution is -0.116. The van der Waals surface area contributed by atoms with Gasteiger partial charge in [0.25, 0.3) is 0 Å². The van der Waals surface area contributed by atoms with Crippen molar-refractivity contribution in [2.45, 2.75) is 33.1 Å². The molecule has 0 heterocycles. The number of aryl methyl sites for hydroxylation is 1.